The van der Waals surface area contributed by atoms with E-state index in [0.717, 1.165) is 19.3 Å². The van der Waals surface area contributed by atoms with Gasteiger partial charge in [-0.3, -0.25) is 9.89 Å². The zero-order valence-corrected chi connectivity index (χ0v) is 11.0. The second-order valence-electron chi connectivity index (χ2n) is 5.01. The highest BCUT2D eigenvalue weighted by molar-refractivity contribution is 5.90. The van der Waals surface area contributed by atoms with Crippen molar-refractivity contribution in [2.75, 3.05) is 13.6 Å². The van der Waals surface area contributed by atoms with Gasteiger partial charge in [0.1, 0.15) is 5.82 Å². The lowest BCUT2D eigenvalue weighted by Crippen LogP contribution is -2.46. The van der Waals surface area contributed by atoms with Crippen LogP contribution in [0.1, 0.15) is 42.1 Å². The van der Waals surface area contributed by atoms with Crippen molar-refractivity contribution in [1.29, 1.82) is 0 Å². The molecule has 0 aromatic carbocycles. The number of carbonyl (C=O) groups is 1. The zero-order valence-electron chi connectivity index (χ0n) is 11.0. The van der Waals surface area contributed by atoms with Crippen molar-refractivity contribution in [2.24, 2.45) is 11.7 Å². The van der Waals surface area contributed by atoms with Crippen LogP contribution in [0, 0.1) is 12.8 Å². The van der Waals surface area contributed by atoms with Crippen LogP contribution in [0.4, 0.5) is 0 Å². The van der Waals surface area contributed by atoms with E-state index < -0.39 is 0 Å². The Balaban J connectivity index is 2.09. The molecule has 3 N–H and O–H groups in total. The molecule has 0 bridgehead atoms. The summed E-state index contributed by atoms with van der Waals surface area (Å²) in [7, 11) is 1.83. The number of nitrogens with two attached hydrogens (primary N) is 1. The third-order valence-corrected chi connectivity index (χ3v) is 3.78. The fourth-order valence-corrected chi connectivity index (χ4v) is 2.72. The van der Waals surface area contributed by atoms with Crippen molar-refractivity contribution in [3.63, 3.8) is 0 Å². The second kappa shape index (κ2) is 5.48. The Hall–Kier alpha value is -1.43. The number of carbonyl (C=O) groups excluding carboxylic acids is 1. The van der Waals surface area contributed by atoms with Gasteiger partial charge in [0.15, 0.2) is 0 Å². The lowest BCUT2D eigenvalue weighted by Gasteiger charge is -2.37. The van der Waals surface area contributed by atoms with E-state index in [4.69, 9.17) is 5.73 Å². The normalized spacial score (nSPS) is 23.9. The van der Waals surface area contributed by atoms with Crippen LogP contribution < -0.4 is 5.73 Å². The van der Waals surface area contributed by atoms with Crippen molar-refractivity contribution in [2.45, 2.75) is 38.6 Å². The van der Waals surface area contributed by atoms with Crippen LogP contribution >= 0.6 is 0 Å². The topological polar surface area (TPSA) is 87.9 Å². The van der Waals surface area contributed by atoms with E-state index in [1.54, 1.807) is 11.8 Å². The van der Waals surface area contributed by atoms with Gasteiger partial charge in [-0.1, -0.05) is 12.8 Å². The molecule has 2 unspecified atom stereocenters. The van der Waals surface area contributed by atoms with E-state index in [0.29, 0.717) is 18.3 Å². The van der Waals surface area contributed by atoms with Gasteiger partial charge in [-0.25, -0.2) is 4.98 Å². The van der Waals surface area contributed by atoms with Crippen molar-refractivity contribution in [1.82, 2.24) is 20.1 Å². The largest absolute Gasteiger partial charge is 0.336 e. The quantitative estimate of drug-likeness (QED) is 0.827. The van der Waals surface area contributed by atoms with Crippen molar-refractivity contribution in [3.05, 3.63) is 11.6 Å². The smallest absolute Gasteiger partial charge is 0.293 e. The maximum Gasteiger partial charge on any atom is 0.293 e. The van der Waals surface area contributed by atoms with E-state index in [-0.39, 0.29) is 17.8 Å². The Morgan fingerprint density at radius 3 is 2.83 bits per heavy atom. The summed E-state index contributed by atoms with van der Waals surface area (Å²) in [6, 6.07) is 0.218. The van der Waals surface area contributed by atoms with Crippen molar-refractivity contribution >= 4 is 5.91 Å². The first kappa shape index (κ1) is 13.0. The molecule has 18 heavy (non-hydrogen) atoms. The molecule has 1 aromatic rings. The highest BCUT2D eigenvalue weighted by atomic mass is 16.2. The number of nitrogens with zero attached hydrogens (tertiary/aromatic N) is 3. The lowest BCUT2D eigenvalue weighted by molar-refractivity contribution is 0.0608. The van der Waals surface area contributed by atoms with Gasteiger partial charge >= 0.3 is 0 Å². The highest BCUT2D eigenvalue weighted by Crippen LogP contribution is 2.27. The molecule has 0 aliphatic heterocycles. The van der Waals surface area contributed by atoms with Gasteiger partial charge in [-0.15, -0.1) is 5.10 Å². The molecule has 0 saturated heterocycles. The summed E-state index contributed by atoms with van der Waals surface area (Å²) in [5, 5.41) is 6.62. The number of aromatic nitrogens is 3. The number of aryl methyl sites for hydroxylation is 1. The molecule has 6 heteroatoms. The second-order valence-corrected chi connectivity index (χ2v) is 5.01. The monoisotopic (exact) mass is 251 g/mol. The predicted molar refractivity (Wildman–Crippen MR) is 68.0 cm³/mol. The number of aromatic amines is 1. The Kier molecular flexibility index (Phi) is 3.96. The van der Waals surface area contributed by atoms with Gasteiger partial charge in [0.25, 0.3) is 5.91 Å². The van der Waals surface area contributed by atoms with Crippen LogP contribution in [0.25, 0.3) is 0 Å². The molecule has 100 valence electrons. The van der Waals surface area contributed by atoms with Crippen molar-refractivity contribution < 1.29 is 4.79 Å². The van der Waals surface area contributed by atoms with E-state index in [1.165, 1.54) is 6.42 Å². The van der Waals surface area contributed by atoms with Crippen LogP contribution in [0.2, 0.25) is 0 Å². The Morgan fingerprint density at radius 2 is 2.22 bits per heavy atom. The number of amides is 1. The summed E-state index contributed by atoms with van der Waals surface area (Å²) in [4.78, 5) is 18.1. The van der Waals surface area contributed by atoms with Gasteiger partial charge < -0.3 is 10.6 Å². The van der Waals surface area contributed by atoms with E-state index in [9.17, 15) is 4.79 Å². The average Bonchev–Trinajstić information content (AvgIpc) is 2.83. The number of rotatable bonds is 3. The molecule has 1 amide bonds. The van der Waals surface area contributed by atoms with Crippen LogP contribution in [0.3, 0.4) is 0 Å². The molecule has 6 nitrogen and oxygen atoms in total. The summed E-state index contributed by atoms with van der Waals surface area (Å²) in [6.07, 6.45) is 4.49. The molecular formula is C12H21N5O. The first-order valence-electron chi connectivity index (χ1n) is 6.49. The standard InChI is InChI=1S/C12H21N5O/c1-8-14-11(16-15-8)12(18)17(2)10-6-4-3-5-9(10)7-13/h9-10H,3-7,13H2,1-2H3,(H,14,15,16). The highest BCUT2D eigenvalue weighted by Gasteiger charge is 2.31. The molecule has 0 radical (unpaired) electrons. The molecule has 2 rings (SSSR count). The van der Waals surface area contributed by atoms with Crippen molar-refractivity contribution in [3.8, 4) is 0 Å². The maximum atomic E-state index is 12.3. The number of hydrogen-bond acceptors (Lipinski definition) is 4. The molecule has 1 heterocycles. The molecule has 1 aromatic heterocycles. The predicted octanol–water partition coefficient (Wildman–Crippen LogP) is 0.703. The first-order chi connectivity index (χ1) is 8.63. The van der Waals surface area contributed by atoms with Gasteiger partial charge in [0.05, 0.1) is 0 Å². The number of H-pyrrole nitrogens is 1. The molecule has 0 spiro atoms. The molecule has 1 aliphatic rings. The fraction of sp³-hybridized carbons (Fsp3) is 0.750. The Bertz CT molecular complexity index is 416. The third-order valence-electron chi connectivity index (χ3n) is 3.78. The van der Waals surface area contributed by atoms with Crippen LogP contribution in [-0.4, -0.2) is 45.6 Å². The van der Waals surface area contributed by atoms with Gasteiger partial charge in [0, 0.05) is 13.1 Å². The Morgan fingerprint density at radius 1 is 1.50 bits per heavy atom. The van der Waals surface area contributed by atoms with E-state index in [1.807, 2.05) is 7.05 Å². The summed E-state index contributed by atoms with van der Waals surface area (Å²) >= 11 is 0. The summed E-state index contributed by atoms with van der Waals surface area (Å²) in [6.45, 7) is 2.42. The minimum atomic E-state index is -0.121. The summed E-state index contributed by atoms with van der Waals surface area (Å²) in [5.41, 5.74) is 5.80. The van der Waals surface area contributed by atoms with Gasteiger partial charge in [0.2, 0.25) is 5.82 Å². The fourth-order valence-electron chi connectivity index (χ4n) is 2.72. The minimum Gasteiger partial charge on any atom is -0.336 e. The average molecular weight is 251 g/mol. The summed E-state index contributed by atoms with van der Waals surface area (Å²) < 4.78 is 0. The molecule has 1 aliphatic carbocycles. The number of hydrogen-bond donors (Lipinski definition) is 2. The van der Waals surface area contributed by atoms with Crippen LogP contribution in [-0.2, 0) is 0 Å². The van der Waals surface area contributed by atoms with Crippen LogP contribution in [0.5, 0.6) is 0 Å². The first-order valence-corrected chi connectivity index (χ1v) is 6.49. The SMILES string of the molecule is Cc1nc(C(=O)N(C)C2CCCCC2CN)n[nH]1. The van der Waals surface area contributed by atoms with Crippen LogP contribution in [0.15, 0.2) is 0 Å². The minimum absolute atomic E-state index is 0.121. The number of nitrogens with one attached hydrogen (secondary N) is 1. The van der Waals surface area contributed by atoms with E-state index >= 15 is 0 Å². The molecule has 2 atom stereocenters. The molecular weight excluding hydrogens is 230 g/mol. The zero-order chi connectivity index (χ0) is 13.1. The van der Waals surface area contributed by atoms with E-state index in [2.05, 4.69) is 15.2 Å². The Labute approximate surface area is 107 Å². The van der Waals surface area contributed by atoms with Gasteiger partial charge in [-0.05, 0) is 32.2 Å². The molecule has 1 saturated carbocycles. The van der Waals surface area contributed by atoms with Gasteiger partial charge in [-0.2, -0.15) is 0 Å². The molecule has 1 fully saturated rings. The lowest BCUT2D eigenvalue weighted by atomic mass is 9.83. The summed E-state index contributed by atoms with van der Waals surface area (Å²) in [5.74, 6) is 1.18. The maximum absolute atomic E-state index is 12.3. The third kappa shape index (κ3) is 2.53.